The van der Waals surface area contributed by atoms with Crippen LogP contribution in [0.4, 0.5) is 10.5 Å². The number of carbonyl (C=O) groups excluding carboxylic acids is 1. The molecule has 0 aliphatic heterocycles. The van der Waals surface area contributed by atoms with Crippen LogP contribution in [-0.2, 0) is 0 Å². The Morgan fingerprint density at radius 2 is 2.28 bits per heavy atom. The topological polar surface area (TPSA) is 76.4 Å². The molecule has 0 atom stereocenters. The normalized spacial score (nSPS) is 9.89. The average molecular weight is 251 g/mol. The van der Waals surface area contributed by atoms with Gasteiger partial charge in [0.2, 0.25) is 0 Å². The number of rotatable bonds is 7. The summed E-state index contributed by atoms with van der Waals surface area (Å²) >= 11 is 0. The van der Waals surface area contributed by atoms with Crippen LogP contribution in [0.25, 0.3) is 0 Å². The van der Waals surface area contributed by atoms with Crippen LogP contribution in [0.3, 0.4) is 0 Å². The third kappa shape index (κ3) is 5.54. The minimum atomic E-state index is -0.195. The Bertz CT molecular complexity index is 369. The molecule has 18 heavy (non-hydrogen) atoms. The van der Waals surface area contributed by atoms with E-state index in [9.17, 15) is 4.79 Å². The maximum Gasteiger partial charge on any atom is 0.319 e. The third-order valence-electron chi connectivity index (χ3n) is 2.29. The maximum absolute atomic E-state index is 11.5. The molecule has 100 valence electrons. The summed E-state index contributed by atoms with van der Waals surface area (Å²) in [6.07, 6.45) is 2.04. The Balaban J connectivity index is 2.43. The van der Waals surface area contributed by atoms with Crippen LogP contribution >= 0.6 is 0 Å². The molecule has 5 heteroatoms. The first-order chi connectivity index (χ1) is 8.76. The number of unbranched alkanes of at least 4 members (excludes halogenated alkanes) is 1. The van der Waals surface area contributed by atoms with Gasteiger partial charge in [-0.1, -0.05) is 19.4 Å². The van der Waals surface area contributed by atoms with Crippen LogP contribution in [0.1, 0.15) is 19.8 Å². The second kappa shape index (κ2) is 8.36. The largest absolute Gasteiger partial charge is 0.492 e. The number of hydrogen-bond acceptors (Lipinski definition) is 3. The van der Waals surface area contributed by atoms with Gasteiger partial charge in [-0.05, 0) is 18.6 Å². The number of amides is 2. The summed E-state index contributed by atoms with van der Waals surface area (Å²) in [5, 5.41) is 5.54. The molecule has 0 aliphatic rings. The quantitative estimate of drug-likeness (QED) is 0.648. The molecule has 0 saturated heterocycles. The highest BCUT2D eigenvalue weighted by Gasteiger charge is 2.01. The molecule has 2 amide bonds. The zero-order chi connectivity index (χ0) is 13.2. The summed E-state index contributed by atoms with van der Waals surface area (Å²) in [5.41, 5.74) is 6.07. The first-order valence-electron chi connectivity index (χ1n) is 6.24. The zero-order valence-electron chi connectivity index (χ0n) is 10.7. The highest BCUT2D eigenvalue weighted by molar-refractivity contribution is 5.89. The van der Waals surface area contributed by atoms with Crippen molar-refractivity contribution in [3.8, 4) is 5.75 Å². The standard InChI is InChI=1S/C13H21N3O2/c1-2-3-8-15-13(17)16-11-5-4-6-12(10-11)18-9-7-14/h4-6,10H,2-3,7-9,14H2,1H3,(H2,15,16,17). The lowest BCUT2D eigenvalue weighted by atomic mass is 10.3. The number of anilines is 1. The molecular weight excluding hydrogens is 230 g/mol. The Morgan fingerprint density at radius 1 is 1.44 bits per heavy atom. The van der Waals surface area contributed by atoms with Crippen molar-refractivity contribution in [3.05, 3.63) is 24.3 Å². The number of nitrogens with two attached hydrogens (primary N) is 1. The monoisotopic (exact) mass is 251 g/mol. The average Bonchev–Trinajstić information content (AvgIpc) is 2.37. The maximum atomic E-state index is 11.5. The summed E-state index contributed by atoms with van der Waals surface area (Å²) in [7, 11) is 0. The van der Waals surface area contributed by atoms with Gasteiger partial charge < -0.3 is 21.1 Å². The van der Waals surface area contributed by atoms with Gasteiger partial charge in [-0.15, -0.1) is 0 Å². The molecule has 5 nitrogen and oxygen atoms in total. The van der Waals surface area contributed by atoms with Crippen LogP contribution in [-0.4, -0.2) is 25.7 Å². The Morgan fingerprint density at radius 3 is 3.00 bits per heavy atom. The molecule has 1 rings (SSSR count). The van der Waals surface area contributed by atoms with Crippen molar-refractivity contribution in [2.24, 2.45) is 5.73 Å². The van der Waals surface area contributed by atoms with E-state index in [0.29, 0.717) is 31.1 Å². The first kappa shape index (κ1) is 14.3. The Hall–Kier alpha value is -1.75. The van der Waals surface area contributed by atoms with E-state index < -0.39 is 0 Å². The summed E-state index contributed by atoms with van der Waals surface area (Å²) in [4.78, 5) is 11.5. The number of carbonyl (C=O) groups is 1. The molecule has 0 aromatic heterocycles. The van der Waals surface area contributed by atoms with Crippen LogP contribution < -0.4 is 21.1 Å². The minimum Gasteiger partial charge on any atom is -0.492 e. The third-order valence-corrected chi connectivity index (χ3v) is 2.29. The number of benzene rings is 1. The van der Waals surface area contributed by atoms with Gasteiger partial charge in [-0.3, -0.25) is 0 Å². The van der Waals surface area contributed by atoms with E-state index in [2.05, 4.69) is 17.6 Å². The van der Waals surface area contributed by atoms with Gasteiger partial charge in [0, 0.05) is 24.8 Å². The number of urea groups is 1. The molecule has 0 unspecified atom stereocenters. The first-order valence-corrected chi connectivity index (χ1v) is 6.24. The second-order valence-electron chi connectivity index (χ2n) is 3.90. The Kier molecular flexibility index (Phi) is 6.64. The summed E-state index contributed by atoms with van der Waals surface area (Å²) in [6, 6.07) is 7.05. The number of hydrogen-bond donors (Lipinski definition) is 3. The molecule has 0 fully saturated rings. The number of nitrogens with one attached hydrogen (secondary N) is 2. The molecule has 0 heterocycles. The van der Waals surface area contributed by atoms with Gasteiger partial charge in [0.25, 0.3) is 0 Å². The van der Waals surface area contributed by atoms with Crippen LogP contribution in [0.15, 0.2) is 24.3 Å². The van der Waals surface area contributed by atoms with Crippen molar-refractivity contribution >= 4 is 11.7 Å². The minimum absolute atomic E-state index is 0.195. The molecular formula is C13H21N3O2. The van der Waals surface area contributed by atoms with E-state index in [1.165, 1.54) is 0 Å². The summed E-state index contributed by atoms with van der Waals surface area (Å²) < 4.78 is 5.38. The zero-order valence-corrected chi connectivity index (χ0v) is 10.7. The molecule has 0 radical (unpaired) electrons. The van der Waals surface area contributed by atoms with Gasteiger partial charge in [-0.25, -0.2) is 4.79 Å². The molecule has 0 spiro atoms. The van der Waals surface area contributed by atoms with Crippen LogP contribution in [0, 0.1) is 0 Å². The van der Waals surface area contributed by atoms with Gasteiger partial charge in [0.1, 0.15) is 12.4 Å². The van der Waals surface area contributed by atoms with Gasteiger partial charge in [0.15, 0.2) is 0 Å². The predicted molar refractivity (Wildman–Crippen MR) is 72.9 cm³/mol. The fourth-order valence-corrected chi connectivity index (χ4v) is 1.39. The SMILES string of the molecule is CCCCNC(=O)Nc1cccc(OCCN)c1. The van der Waals surface area contributed by atoms with Gasteiger partial charge in [0.05, 0.1) is 0 Å². The molecule has 0 saturated carbocycles. The molecule has 1 aromatic rings. The second-order valence-corrected chi connectivity index (χ2v) is 3.90. The van der Waals surface area contributed by atoms with Crippen LogP contribution in [0.2, 0.25) is 0 Å². The predicted octanol–water partition coefficient (Wildman–Crippen LogP) is 1.95. The van der Waals surface area contributed by atoms with E-state index >= 15 is 0 Å². The molecule has 1 aromatic carbocycles. The van der Waals surface area contributed by atoms with E-state index in [1.54, 1.807) is 6.07 Å². The highest BCUT2D eigenvalue weighted by Crippen LogP contribution is 2.16. The summed E-state index contributed by atoms with van der Waals surface area (Å²) in [6.45, 7) is 3.70. The van der Waals surface area contributed by atoms with E-state index in [1.807, 2.05) is 18.2 Å². The van der Waals surface area contributed by atoms with Gasteiger partial charge >= 0.3 is 6.03 Å². The van der Waals surface area contributed by atoms with Crippen molar-refractivity contribution < 1.29 is 9.53 Å². The Labute approximate surface area is 108 Å². The molecule has 0 aliphatic carbocycles. The fourth-order valence-electron chi connectivity index (χ4n) is 1.39. The van der Waals surface area contributed by atoms with Crippen molar-refractivity contribution in [3.63, 3.8) is 0 Å². The van der Waals surface area contributed by atoms with Crippen molar-refractivity contribution in [2.75, 3.05) is 25.0 Å². The van der Waals surface area contributed by atoms with Crippen LogP contribution in [0.5, 0.6) is 5.75 Å². The molecule has 0 bridgehead atoms. The van der Waals surface area contributed by atoms with Gasteiger partial charge in [-0.2, -0.15) is 0 Å². The lowest BCUT2D eigenvalue weighted by molar-refractivity contribution is 0.252. The molecule has 4 N–H and O–H groups in total. The van der Waals surface area contributed by atoms with E-state index in [-0.39, 0.29) is 6.03 Å². The lowest BCUT2D eigenvalue weighted by Gasteiger charge is -2.09. The van der Waals surface area contributed by atoms with Crippen molar-refractivity contribution in [1.29, 1.82) is 0 Å². The van der Waals surface area contributed by atoms with E-state index in [4.69, 9.17) is 10.5 Å². The van der Waals surface area contributed by atoms with E-state index in [0.717, 1.165) is 12.8 Å². The fraction of sp³-hybridized carbons (Fsp3) is 0.462. The highest BCUT2D eigenvalue weighted by atomic mass is 16.5. The smallest absolute Gasteiger partial charge is 0.319 e. The van der Waals surface area contributed by atoms with Crippen molar-refractivity contribution in [2.45, 2.75) is 19.8 Å². The van der Waals surface area contributed by atoms with Crippen molar-refractivity contribution in [1.82, 2.24) is 5.32 Å². The summed E-state index contributed by atoms with van der Waals surface area (Å²) in [5.74, 6) is 0.701. The number of ether oxygens (including phenoxy) is 1. The lowest BCUT2D eigenvalue weighted by Crippen LogP contribution is -2.29.